The highest BCUT2D eigenvalue weighted by Gasteiger charge is 2.21. The summed E-state index contributed by atoms with van der Waals surface area (Å²) in [5.74, 6) is 1.04. The monoisotopic (exact) mass is 253 g/mol. The van der Waals surface area contributed by atoms with Crippen LogP contribution in [-0.2, 0) is 6.54 Å². The number of nitrogens with zero attached hydrogens (tertiary/aromatic N) is 1. The summed E-state index contributed by atoms with van der Waals surface area (Å²) in [6.07, 6.45) is 3.94. The van der Waals surface area contributed by atoms with Crippen LogP contribution >= 0.6 is 11.6 Å². The third kappa shape index (κ3) is 3.36. The number of hydrogen-bond acceptors (Lipinski definition) is 2. The SMILES string of the molecule is CCCC1CCN(Cc2ccc(O)c(Cl)c2)C1. The van der Waals surface area contributed by atoms with Crippen molar-refractivity contribution < 1.29 is 5.11 Å². The van der Waals surface area contributed by atoms with Gasteiger partial charge in [0.15, 0.2) is 0 Å². The number of hydrogen-bond donors (Lipinski definition) is 1. The molecule has 17 heavy (non-hydrogen) atoms. The van der Waals surface area contributed by atoms with Gasteiger partial charge in [0, 0.05) is 13.1 Å². The lowest BCUT2D eigenvalue weighted by atomic mass is 10.0. The van der Waals surface area contributed by atoms with Crippen LogP contribution in [0.15, 0.2) is 18.2 Å². The standard InChI is InChI=1S/C14H20ClNO/c1-2-3-11-6-7-16(9-11)10-12-4-5-14(17)13(15)8-12/h4-5,8,11,17H,2-3,6-7,9-10H2,1H3. The predicted molar refractivity (Wildman–Crippen MR) is 71.4 cm³/mol. The Balaban J connectivity index is 1.91. The molecule has 0 saturated carbocycles. The second-order valence-electron chi connectivity index (χ2n) is 4.96. The maximum Gasteiger partial charge on any atom is 0.134 e. The first-order chi connectivity index (χ1) is 8.19. The fourth-order valence-electron chi connectivity index (χ4n) is 2.61. The number of phenols is 1. The molecule has 1 saturated heterocycles. The van der Waals surface area contributed by atoms with Gasteiger partial charge in [-0.15, -0.1) is 0 Å². The first kappa shape index (κ1) is 12.7. The molecule has 0 amide bonds. The number of likely N-dealkylation sites (tertiary alicyclic amines) is 1. The zero-order valence-electron chi connectivity index (χ0n) is 10.3. The number of phenolic OH excluding ortho intramolecular Hbond substituents is 1. The van der Waals surface area contributed by atoms with Crippen molar-refractivity contribution in [1.29, 1.82) is 0 Å². The zero-order valence-corrected chi connectivity index (χ0v) is 11.1. The minimum absolute atomic E-state index is 0.167. The second kappa shape index (κ2) is 5.74. The molecule has 1 N–H and O–H groups in total. The predicted octanol–water partition coefficient (Wildman–Crippen LogP) is 3.67. The molecule has 0 bridgehead atoms. The van der Waals surface area contributed by atoms with Gasteiger partial charge in [0.05, 0.1) is 5.02 Å². The van der Waals surface area contributed by atoms with Crippen molar-refractivity contribution in [3.63, 3.8) is 0 Å². The highest BCUT2D eigenvalue weighted by molar-refractivity contribution is 6.32. The van der Waals surface area contributed by atoms with E-state index in [2.05, 4.69) is 11.8 Å². The van der Waals surface area contributed by atoms with E-state index >= 15 is 0 Å². The van der Waals surface area contributed by atoms with E-state index in [1.54, 1.807) is 6.07 Å². The molecule has 0 aliphatic carbocycles. The van der Waals surface area contributed by atoms with Gasteiger partial charge in [-0.25, -0.2) is 0 Å². The summed E-state index contributed by atoms with van der Waals surface area (Å²) in [5, 5.41) is 9.82. The van der Waals surface area contributed by atoms with Crippen molar-refractivity contribution in [3.8, 4) is 5.75 Å². The number of benzene rings is 1. The summed E-state index contributed by atoms with van der Waals surface area (Å²) in [5.41, 5.74) is 1.19. The Morgan fingerprint density at radius 3 is 3.00 bits per heavy atom. The van der Waals surface area contributed by atoms with Gasteiger partial charge < -0.3 is 5.11 Å². The van der Waals surface area contributed by atoms with Gasteiger partial charge in [-0.1, -0.05) is 31.0 Å². The summed E-state index contributed by atoms with van der Waals surface area (Å²) in [7, 11) is 0. The third-order valence-corrected chi connectivity index (χ3v) is 3.79. The Labute approximate surface area is 108 Å². The Morgan fingerprint density at radius 2 is 2.29 bits per heavy atom. The minimum Gasteiger partial charge on any atom is -0.506 e. The van der Waals surface area contributed by atoms with E-state index in [0.717, 1.165) is 12.5 Å². The van der Waals surface area contributed by atoms with Crippen LogP contribution in [0, 0.1) is 5.92 Å². The molecular formula is C14H20ClNO. The molecular weight excluding hydrogens is 234 g/mol. The minimum atomic E-state index is 0.167. The fourth-order valence-corrected chi connectivity index (χ4v) is 2.81. The summed E-state index contributed by atoms with van der Waals surface area (Å²) in [6, 6.07) is 5.50. The van der Waals surface area contributed by atoms with Crippen LogP contribution in [0.3, 0.4) is 0 Å². The summed E-state index contributed by atoms with van der Waals surface area (Å²) >= 11 is 5.91. The van der Waals surface area contributed by atoms with E-state index in [0.29, 0.717) is 5.02 Å². The average molecular weight is 254 g/mol. The molecule has 1 aromatic carbocycles. The Hall–Kier alpha value is -0.730. The Bertz CT molecular complexity index is 380. The summed E-state index contributed by atoms with van der Waals surface area (Å²) < 4.78 is 0. The van der Waals surface area contributed by atoms with E-state index < -0.39 is 0 Å². The van der Waals surface area contributed by atoms with Crippen LogP contribution in [0.25, 0.3) is 0 Å². The molecule has 0 aromatic heterocycles. The Kier molecular flexibility index (Phi) is 4.30. The molecule has 1 heterocycles. The first-order valence-corrected chi connectivity index (χ1v) is 6.76. The van der Waals surface area contributed by atoms with Crippen LogP contribution in [-0.4, -0.2) is 23.1 Å². The van der Waals surface area contributed by atoms with E-state index in [1.807, 2.05) is 12.1 Å². The molecule has 1 fully saturated rings. The van der Waals surface area contributed by atoms with Gasteiger partial charge in [0.25, 0.3) is 0 Å². The maximum absolute atomic E-state index is 9.37. The summed E-state index contributed by atoms with van der Waals surface area (Å²) in [4.78, 5) is 2.48. The first-order valence-electron chi connectivity index (χ1n) is 6.38. The average Bonchev–Trinajstić information content (AvgIpc) is 2.72. The van der Waals surface area contributed by atoms with Crippen molar-refractivity contribution in [1.82, 2.24) is 4.90 Å². The normalized spacial score (nSPS) is 20.9. The Morgan fingerprint density at radius 1 is 1.47 bits per heavy atom. The van der Waals surface area contributed by atoms with Gasteiger partial charge in [-0.3, -0.25) is 4.90 Å². The topological polar surface area (TPSA) is 23.5 Å². The molecule has 2 nitrogen and oxygen atoms in total. The molecule has 0 radical (unpaired) electrons. The van der Waals surface area contributed by atoms with Crippen molar-refractivity contribution in [2.45, 2.75) is 32.7 Å². The highest BCUT2D eigenvalue weighted by Crippen LogP contribution is 2.26. The smallest absolute Gasteiger partial charge is 0.134 e. The zero-order chi connectivity index (χ0) is 12.3. The molecule has 1 aliphatic heterocycles. The van der Waals surface area contributed by atoms with Crippen molar-refractivity contribution in [3.05, 3.63) is 28.8 Å². The highest BCUT2D eigenvalue weighted by atomic mass is 35.5. The quantitative estimate of drug-likeness (QED) is 0.885. The lowest BCUT2D eigenvalue weighted by molar-refractivity contribution is 0.313. The molecule has 0 spiro atoms. The molecule has 1 aromatic rings. The van der Waals surface area contributed by atoms with E-state index in [-0.39, 0.29) is 5.75 Å². The van der Waals surface area contributed by atoms with Gasteiger partial charge >= 0.3 is 0 Å². The van der Waals surface area contributed by atoms with Crippen LogP contribution in [0.1, 0.15) is 31.7 Å². The van der Waals surface area contributed by atoms with E-state index in [4.69, 9.17) is 11.6 Å². The second-order valence-corrected chi connectivity index (χ2v) is 5.37. The van der Waals surface area contributed by atoms with E-state index in [1.165, 1.54) is 37.9 Å². The van der Waals surface area contributed by atoms with Crippen LogP contribution in [0.2, 0.25) is 5.02 Å². The van der Waals surface area contributed by atoms with Gasteiger partial charge in [0.1, 0.15) is 5.75 Å². The van der Waals surface area contributed by atoms with Crippen LogP contribution in [0.5, 0.6) is 5.75 Å². The lowest BCUT2D eigenvalue weighted by Gasteiger charge is -2.16. The third-order valence-electron chi connectivity index (χ3n) is 3.49. The largest absolute Gasteiger partial charge is 0.506 e. The van der Waals surface area contributed by atoms with Gasteiger partial charge in [0.2, 0.25) is 0 Å². The number of aromatic hydroxyl groups is 1. The molecule has 3 heteroatoms. The van der Waals surface area contributed by atoms with Crippen LogP contribution in [0.4, 0.5) is 0 Å². The van der Waals surface area contributed by atoms with Crippen molar-refractivity contribution >= 4 is 11.6 Å². The van der Waals surface area contributed by atoms with Gasteiger partial charge in [-0.05, 0) is 43.0 Å². The van der Waals surface area contributed by atoms with Crippen molar-refractivity contribution in [2.75, 3.05) is 13.1 Å². The molecule has 2 rings (SSSR count). The molecule has 1 unspecified atom stereocenters. The molecule has 1 atom stereocenters. The summed E-state index contributed by atoms with van der Waals surface area (Å²) in [6.45, 7) is 5.58. The molecule has 94 valence electrons. The van der Waals surface area contributed by atoms with Crippen LogP contribution < -0.4 is 0 Å². The maximum atomic E-state index is 9.37. The van der Waals surface area contributed by atoms with Gasteiger partial charge in [-0.2, -0.15) is 0 Å². The fraction of sp³-hybridized carbons (Fsp3) is 0.571. The molecule has 1 aliphatic rings. The van der Waals surface area contributed by atoms with E-state index in [9.17, 15) is 5.11 Å². The van der Waals surface area contributed by atoms with Crippen molar-refractivity contribution in [2.24, 2.45) is 5.92 Å². The number of halogens is 1. The number of rotatable bonds is 4. The lowest BCUT2D eigenvalue weighted by Crippen LogP contribution is -2.20.